The summed E-state index contributed by atoms with van der Waals surface area (Å²) in [5, 5.41) is 15.4. The van der Waals surface area contributed by atoms with Crippen LogP contribution >= 0.6 is 23.2 Å². The van der Waals surface area contributed by atoms with Crippen LogP contribution in [0.5, 0.6) is 0 Å². The standard InChI is InChI=1S/C14H15Cl2N3O2/c1-21-4-2-3-18-14(20)10(8-17)9-19-13-6-11(15)5-12(16)7-13/h5-7,9,19H,2-4H2,1H3,(H,18,20)/b10-9-. The second kappa shape index (κ2) is 9.24. The van der Waals surface area contributed by atoms with Crippen LogP contribution in [-0.4, -0.2) is 26.2 Å². The first kappa shape index (κ1) is 17.3. The molecule has 0 bridgehead atoms. The van der Waals surface area contributed by atoms with Crippen LogP contribution in [0.15, 0.2) is 30.0 Å². The van der Waals surface area contributed by atoms with Crippen molar-refractivity contribution in [3.63, 3.8) is 0 Å². The molecule has 7 heteroatoms. The number of methoxy groups -OCH3 is 1. The van der Waals surface area contributed by atoms with Gasteiger partial charge in [0.05, 0.1) is 0 Å². The minimum absolute atomic E-state index is 0.0384. The number of nitrogens with one attached hydrogen (secondary N) is 2. The maximum Gasteiger partial charge on any atom is 0.263 e. The minimum atomic E-state index is -0.450. The lowest BCUT2D eigenvalue weighted by atomic mass is 10.2. The van der Waals surface area contributed by atoms with Crippen LogP contribution in [0.3, 0.4) is 0 Å². The maximum absolute atomic E-state index is 11.8. The van der Waals surface area contributed by atoms with Gasteiger partial charge in [-0.15, -0.1) is 0 Å². The number of hydrogen-bond donors (Lipinski definition) is 2. The third-order valence-electron chi connectivity index (χ3n) is 2.42. The number of ether oxygens (including phenoxy) is 1. The smallest absolute Gasteiger partial charge is 0.263 e. The number of benzene rings is 1. The zero-order chi connectivity index (χ0) is 15.7. The van der Waals surface area contributed by atoms with E-state index in [-0.39, 0.29) is 5.57 Å². The van der Waals surface area contributed by atoms with Gasteiger partial charge in [0.15, 0.2) is 0 Å². The molecule has 0 unspecified atom stereocenters. The molecule has 0 spiro atoms. The molecule has 2 N–H and O–H groups in total. The summed E-state index contributed by atoms with van der Waals surface area (Å²) in [5.41, 5.74) is 0.552. The van der Waals surface area contributed by atoms with Gasteiger partial charge in [-0.1, -0.05) is 23.2 Å². The van der Waals surface area contributed by atoms with Crippen molar-refractivity contribution in [1.29, 1.82) is 5.26 Å². The Morgan fingerprint density at radius 1 is 1.38 bits per heavy atom. The van der Waals surface area contributed by atoms with Gasteiger partial charge in [-0.05, 0) is 24.6 Å². The molecule has 0 aliphatic heterocycles. The van der Waals surface area contributed by atoms with E-state index in [9.17, 15) is 4.79 Å². The van der Waals surface area contributed by atoms with E-state index in [1.54, 1.807) is 25.3 Å². The van der Waals surface area contributed by atoms with Crippen LogP contribution in [0.1, 0.15) is 6.42 Å². The molecular weight excluding hydrogens is 313 g/mol. The molecule has 0 heterocycles. The molecule has 0 aliphatic carbocycles. The summed E-state index contributed by atoms with van der Waals surface area (Å²) in [6, 6.07) is 6.69. The molecule has 1 rings (SSSR count). The third kappa shape index (κ3) is 6.50. The molecule has 0 saturated heterocycles. The number of nitrogens with zero attached hydrogens (tertiary/aromatic N) is 1. The summed E-state index contributed by atoms with van der Waals surface area (Å²) in [6.45, 7) is 0.986. The molecule has 0 aromatic heterocycles. The Bertz CT molecular complexity index is 548. The highest BCUT2D eigenvalue weighted by molar-refractivity contribution is 6.35. The molecule has 0 saturated carbocycles. The lowest BCUT2D eigenvalue weighted by Gasteiger charge is -2.05. The van der Waals surface area contributed by atoms with E-state index in [0.29, 0.717) is 35.3 Å². The quantitative estimate of drug-likeness (QED) is 0.458. The SMILES string of the molecule is COCCCNC(=O)/C(C#N)=C\Nc1cc(Cl)cc(Cl)c1. The van der Waals surface area contributed by atoms with Gasteiger partial charge in [-0.2, -0.15) is 5.26 Å². The highest BCUT2D eigenvalue weighted by Crippen LogP contribution is 2.22. The monoisotopic (exact) mass is 327 g/mol. The summed E-state index contributed by atoms with van der Waals surface area (Å²) in [4.78, 5) is 11.8. The first-order valence-electron chi connectivity index (χ1n) is 6.17. The molecule has 1 amide bonds. The van der Waals surface area contributed by atoms with E-state index in [2.05, 4.69) is 10.6 Å². The van der Waals surface area contributed by atoms with Crippen molar-refractivity contribution >= 4 is 34.8 Å². The summed E-state index contributed by atoms with van der Waals surface area (Å²) in [5.74, 6) is -0.450. The van der Waals surface area contributed by atoms with Gasteiger partial charge < -0.3 is 15.4 Å². The van der Waals surface area contributed by atoms with Crippen LogP contribution in [0.2, 0.25) is 10.0 Å². The highest BCUT2D eigenvalue weighted by Gasteiger charge is 2.07. The van der Waals surface area contributed by atoms with Crippen molar-refractivity contribution in [2.24, 2.45) is 0 Å². The fraction of sp³-hybridized carbons (Fsp3) is 0.286. The summed E-state index contributed by atoms with van der Waals surface area (Å²) in [6.07, 6.45) is 1.99. The van der Waals surface area contributed by atoms with Crippen LogP contribution < -0.4 is 10.6 Å². The molecule has 0 fully saturated rings. The highest BCUT2D eigenvalue weighted by atomic mass is 35.5. The number of halogens is 2. The number of anilines is 1. The van der Waals surface area contributed by atoms with Crippen molar-refractivity contribution in [2.45, 2.75) is 6.42 Å². The molecule has 5 nitrogen and oxygen atoms in total. The minimum Gasteiger partial charge on any atom is -0.385 e. The molecule has 1 aromatic rings. The third-order valence-corrected chi connectivity index (χ3v) is 2.86. The summed E-state index contributed by atoms with van der Waals surface area (Å²) in [7, 11) is 1.59. The van der Waals surface area contributed by atoms with E-state index in [1.165, 1.54) is 6.20 Å². The fourth-order valence-corrected chi connectivity index (χ4v) is 1.98. The van der Waals surface area contributed by atoms with Gasteiger partial charge in [0.1, 0.15) is 11.6 Å². The summed E-state index contributed by atoms with van der Waals surface area (Å²) < 4.78 is 4.87. The fourth-order valence-electron chi connectivity index (χ4n) is 1.45. The lowest BCUT2D eigenvalue weighted by molar-refractivity contribution is -0.117. The maximum atomic E-state index is 11.8. The molecule has 0 atom stereocenters. The predicted molar refractivity (Wildman–Crippen MR) is 83.3 cm³/mol. The Morgan fingerprint density at radius 2 is 2.05 bits per heavy atom. The normalized spacial score (nSPS) is 10.9. The Labute approximate surface area is 133 Å². The van der Waals surface area contributed by atoms with E-state index in [0.717, 1.165) is 0 Å². The average molecular weight is 328 g/mol. The number of amides is 1. The molecule has 21 heavy (non-hydrogen) atoms. The lowest BCUT2D eigenvalue weighted by Crippen LogP contribution is -2.26. The van der Waals surface area contributed by atoms with Crippen LogP contribution in [0.25, 0.3) is 0 Å². The molecule has 1 aromatic carbocycles. The number of carbonyl (C=O) groups is 1. The largest absolute Gasteiger partial charge is 0.385 e. The number of rotatable bonds is 7. The Hall–Kier alpha value is -1.74. The average Bonchev–Trinajstić information content (AvgIpc) is 2.43. The molecule has 112 valence electrons. The van der Waals surface area contributed by atoms with Crippen molar-refractivity contribution < 1.29 is 9.53 Å². The van der Waals surface area contributed by atoms with E-state index >= 15 is 0 Å². The van der Waals surface area contributed by atoms with Crippen molar-refractivity contribution in [3.8, 4) is 6.07 Å². The zero-order valence-corrected chi connectivity index (χ0v) is 13.0. The number of nitriles is 1. The summed E-state index contributed by atoms with van der Waals surface area (Å²) >= 11 is 11.7. The van der Waals surface area contributed by atoms with Gasteiger partial charge in [-0.25, -0.2) is 0 Å². The Kier molecular flexibility index (Phi) is 7.62. The topological polar surface area (TPSA) is 74.1 Å². The van der Waals surface area contributed by atoms with Crippen molar-refractivity contribution in [3.05, 3.63) is 40.0 Å². The zero-order valence-electron chi connectivity index (χ0n) is 11.5. The number of hydrogen-bond acceptors (Lipinski definition) is 4. The van der Waals surface area contributed by atoms with Gasteiger partial charge >= 0.3 is 0 Å². The van der Waals surface area contributed by atoms with Gasteiger partial charge in [0.25, 0.3) is 5.91 Å². The molecule has 0 aliphatic rings. The molecule has 0 radical (unpaired) electrons. The van der Waals surface area contributed by atoms with Crippen molar-refractivity contribution in [2.75, 3.05) is 25.6 Å². The first-order chi connectivity index (χ1) is 10.1. The van der Waals surface area contributed by atoms with E-state index in [4.69, 9.17) is 33.2 Å². The van der Waals surface area contributed by atoms with Crippen LogP contribution in [0, 0.1) is 11.3 Å². The molecular formula is C14H15Cl2N3O2. The van der Waals surface area contributed by atoms with Gasteiger partial charge in [0, 0.05) is 42.2 Å². The predicted octanol–water partition coefficient (Wildman–Crippen LogP) is 2.97. The second-order valence-corrected chi connectivity index (χ2v) is 4.95. The van der Waals surface area contributed by atoms with Crippen molar-refractivity contribution in [1.82, 2.24) is 5.32 Å². The van der Waals surface area contributed by atoms with Crippen LogP contribution in [-0.2, 0) is 9.53 Å². The van der Waals surface area contributed by atoms with E-state index < -0.39 is 5.91 Å². The van der Waals surface area contributed by atoms with Gasteiger partial charge in [-0.3, -0.25) is 4.79 Å². The van der Waals surface area contributed by atoms with E-state index in [1.807, 2.05) is 6.07 Å². The number of carbonyl (C=O) groups excluding carboxylic acids is 1. The second-order valence-electron chi connectivity index (χ2n) is 4.07. The van der Waals surface area contributed by atoms with Gasteiger partial charge in [0.2, 0.25) is 0 Å². The Balaban J connectivity index is 2.62. The Morgan fingerprint density at radius 3 is 2.62 bits per heavy atom. The first-order valence-corrected chi connectivity index (χ1v) is 6.92. The van der Waals surface area contributed by atoms with Crippen LogP contribution in [0.4, 0.5) is 5.69 Å².